The average Bonchev–Trinajstić information content (AvgIpc) is 3.11. The third-order valence-electron chi connectivity index (χ3n) is 4.89. The summed E-state index contributed by atoms with van der Waals surface area (Å²) < 4.78 is 0. The van der Waals surface area contributed by atoms with E-state index in [4.69, 9.17) is 5.73 Å². The number of nitrogens with two attached hydrogens (primary N) is 1. The van der Waals surface area contributed by atoms with Crippen molar-refractivity contribution >= 4 is 30.7 Å². The van der Waals surface area contributed by atoms with Gasteiger partial charge in [-0.3, -0.25) is 9.69 Å². The highest BCUT2D eigenvalue weighted by Gasteiger charge is 2.23. The number of benzene rings is 1. The number of hydrogen-bond acceptors (Lipinski definition) is 3. The van der Waals surface area contributed by atoms with Crippen molar-refractivity contribution in [2.24, 2.45) is 5.73 Å². The minimum atomic E-state index is 0. The molecule has 2 rings (SSSR count). The Bertz CT molecular complexity index is 490. The van der Waals surface area contributed by atoms with E-state index in [1.54, 1.807) is 0 Å². The molecule has 6 heteroatoms. The number of halogens is 2. The Kier molecular flexibility index (Phi) is 13.8. The van der Waals surface area contributed by atoms with Gasteiger partial charge in [0.05, 0.1) is 6.04 Å². The predicted octanol–water partition coefficient (Wildman–Crippen LogP) is 4.00. The van der Waals surface area contributed by atoms with E-state index in [1.165, 1.54) is 24.0 Å². The number of hydrogen-bond donors (Lipinski definition) is 2. The monoisotopic (exact) mass is 403 g/mol. The van der Waals surface area contributed by atoms with Gasteiger partial charge in [0.1, 0.15) is 0 Å². The fourth-order valence-corrected chi connectivity index (χ4v) is 3.38. The molecular weight excluding hydrogens is 369 g/mol. The number of carbonyl (C=O) groups excluding carboxylic acids is 1. The highest BCUT2D eigenvalue weighted by Crippen LogP contribution is 2.25. The zero-order chi connectivity index (χ0) is 17.2. The fourth-order valence-electron chi connectivity index (χ4n) is 3.38. The fraction of sp³-hybridized carbons (Fsp3) is 0.650. The van der Waals surface area contributed by atoms with Crippen LogP contribution in [0.15, 0.2) is 24.3 Å². The van der Waals surface area contributed by atoms with Gasteiger partial charge in [-0.05, 0) is 57.8 Å². The van der Waals surface area contributed by atoms with Crippen LogP contribution >= 0.6 is 24.8 Å². The van der Waals surface area contributed by atoms with Crippen molar-refractivity contribution in [1.29, 1.82) is 0 Å². The number of amides is 1. The van der Waals surface area contributed by atoms with Crippen LogP contribution in [0.1, 0.15) is 62.1 Å². The summed E-state index contributed by atoms with van der Waals surface area (Å²) in [6.07, 6.45) is 7.40. The molecule has 0 bridgehead atoms. The first-order valence-corrected chi connectivity index (χ1v) is 9.48. The molecule has 3 N–H and O–H groups in total. The number of nitrogens with zero attached hydrogens (tertiary/aromatic N) is 1. The summed E-state index contributed by atoms with van der Waals surface area (Å²) in [5, 5.41) is 3.16. The van der Waals surface area contributed by atoms with Gasteiger partial charge in [0.2, 0.25) is 5.91 Å². The van der Waals surface area contributed by atoms with Crippen LogP contribution in [0.5, 0.6) is 0 Å². The van der Waals surface area contributed by atoms with Crippen molar-refractivity contribution in [3.05, 3.63) is 35.4 Å². The largest absolute Gasteiger partial charge is 0.354 e. The second-order valence-corrected chi connectivity index (χ2v) is 6.93. The van der Waals surface area contributed by atoms with Crippen LogP contribution in [0.25, 0.3) is 0 Å². The Balaban J connectivity index is 0.00000312. The van der Waals surface area contributed by atoms with E-state index in [0.717, 1.165) is 45.3 Å². The van der Waals surface area contributed by atoms with Gasteiger partial charge in [-0.2, -0.15) is 0 Å². The summed E-state index contributed by atoms with van der Waals surface area (Å²) in [5.74, 6) is 0.180. The summed E-state index contributed by atoms with van der Waals surface area (Å²) >= 11 is 0. The Hall–Kier alpha value is -0.810. The first-order valence-electron chi connectivity index (χ1n) is 9.48. The molecule has 0 spiro atoms. The van der Waals surface area contributed by atoms with E-state index in [-0.39, 0.29) is 30.7 Å². The normalized spacial score (nSPS) is 15.0. The number of likely N-dealkylation sites (tertiary alicyclic amines) is 1. The molecule has 0 aromatic heterocycles. The third-order valence-corrected chi connectivity index (χ3v) is 4.89. The minimum absolute atomic E-state index is 0. The standard InChI is InChI=1S/C20H33N3O.2ClH/c1-17-9-11-18(12-10-17)19(23-14-6-7-15-23)16-22-20(24)8-4-2-3-5-13-21;;/h9-12,19H,2-8,13-16,21H2,1H3,(H,22,24);2*1H. The lowest BCUT2D eigenvalue weighted by Gasteiger charge is -2.28. The predicted molar refractivity (Wildman–Crippen MR) is 114 cm³/mol. The van der Waals surface area contributed by atoms with E-state index in [0.29, 0.717) is 19.0 Å². The Morgan fingerprint density at radius 3 is 2.31 bits per heavy atom. The van der Waals surface area contributed by atoms with Crippen molar-refractivity contribution in [1.82, 2.24) is 10.2 Å². The second-order valence-electron chi connectivity index (χ2n) is 6.93. The van der Waals surface area contributed by atoms with Crippen LogP contribution < -0.4 is 11.1 Å². The second kappa shape index (κ2) is 14.3. The quantitative estimate of drug-likeness (QED) is 0.580. The summed E-state index contributed by atoms with van der Waals surface area (Å²) in [6.45, 7) is 5.84. The summed E-state index contributed by atoms with van der Waals surface area (Å²) in [4.78, 5) is 14.6. The molecule has 4 nitrogen and oxygen atoms in total. The molecule has 26 heavy (non-hydrogen) atoms. The van der Waals surface area contributed by atoms with Crippen LogP contribution in [-0.2, 0) is 4.79 Å². The number of carbonyl (C=O) groups is 1. The zero-order valence-electron chi connectivity index (χ0n) is 15.9. The van der Waals surface area contributed by atoms with Crippen molar-refractivity contribution in [2.45, 2.75) is 57.9 Å². The maximum atomic E-state index is 12.1. The van der Waals surface area contributed by atoms with E-state index in [9.17, 15) is 4.79 Å². The molecule has 1 aliphatic rings. The molecule has 0 aliphatic carbocycles. The van der Waals surface area contributed by atoms with Gasteiger partial charge in [0.15, 0.2) is 0 Å². The molecule has 1 fully saturated rings. The molecule has 1 aromatic carbocycles. The molecule has 1 aliphatic heterocycles. The van der Waals surface area contributed by atoms with Gasteiger partial charge >= 0.3 is 0 Å². The van der Waals surface area contributed by atoms with Crippen LogP contribution in [0.4, 0.5) is 0 Å². The van der Waals surface area contributed by atoms with E-state index in [2.05, 4.69) is 41.4 Å². The number of unbranched alkanes of at least 4 members (excludes halogenated alkanes) is 3. The average molecular weight is 404 g/mol. The number of rotatable bonds is 10. The van der Waals surface area contributed by atoms with E-state index >= 15 is 0 Å². The summed E-state index contributed by atoms with van der Waals surface area (Å²) in [5.41, 5.74) is 8.08. The molecule has 1 aromatic rings. The lowest BCUT2D eigenvalue weighted by molar-refractivity contribution is -0.121. The zero-order valence-corrected chi connectivity index (χ0v) is 17.5. The molecular formula is C20H35Cl2N3O. The van der Waals surface area contributed by atoms with Crippen molar-refractivity contribution in [3.8, 4) is 0 Å². The summed E-state index contributed by atoms with van der Waals surface area (Å²) in [7, 11) is 0. The minimum Gasteiger partial charge on any atom is -0.354 e. The van der Waals surface area contributed by atoms with Crippen molar-refractivity contribution in [3.63, 3.8) is 0 Å². The lowest BCUT2D eigenvalue weighted by atomic mass is 10.0. The molecule has 1 heterocycles. The third kappa shape index (κ3) is 8.72. The first-order chi connectivity index (χ1) is 11.7. The highest BCUT2D eigenvalue weighted by atomic mass is 35.5. The van der Waals surface area contributed by atoms with E-state index < -0.39 is 0 Å². The van der Waals surface area contributed by atoms with Crippen LogP contribution in [0.2, 0.25) is 0 Å². The molecule has 1 unspecified atom stereocenters. The molecule has 0 saturated carbocycles. The molecule has 0 radical (unpaired) electrons. The van der Waals surface area contributed by atoms with Gasteiger partial charge in [-0.1, -0.05) is 42.7 Å². The maximum Gasteiger partial charge on any atom is 0.220 e. The Morgan fingerprint density at radius 2 is 1.69 bits per heavy atom. The van der Waals surface area contributed by atoms with Crippen LogP contribution in [0, 0.1) is 6.92 Å². The molecule has 1 amide bonds. The topological polar surface area (TPSA) is 58.4 Å². The Labute approximate surface area is 171 Å². The SMILES string of the molecule is Cc1ccc(C(CNC(=O)CCCCCCN)N2CCCC2)cc1.Cl.Cl. The van der Waals surface area contributed by atoms with Crippen molar-refractivity contribution in [2.75, 3.05) is 26.2 Å². The highest BCUT2D eigenvalue weighted by molar-refractivity contribution is 5.85. The molecule has 1 atom stereocenters. The van der Waals surface area contributed by atoms with Gasteiger partial charge in [0.25, 0.3) is 0 Å². The Morgan fingerprint density at radius 1 is 1.08 bits per heavy atom. The van der Waals surface area contributed by atoms with Gasteiger partial charge in [-0.25, -0.2) is 0 Å². The van der Waals surface area contributed by atoms with E-state index in [1.807, 2.05) is 0 Å². The van der Waals surface area contributed by atoms with Crippen molar-refractivity contribution < 1.29 is 4.79 Å². The van der Waals surface area contributed by atoms with Crippen LogP contribution in [0.3, 0.4) is 0 Å². The van der Waals surface area contributed by atoms with Gasteiger partial charge in [0, 0.05) is 13.0 Å². The molecule has 150 valence electrons. The lowest BCUT2D eigenvalue weighted by Crippen LogP contribution is -2.36. The smallest absolute Gasteiger partial charge is 0.220 e. The first kappa shape index (κ1) is 25.2. The summed E-state index contributed by atoms with van der Waals surface area (Å²) in [6, 6.07) is 9.04. The number of nitrogens with one attached hydrogen (secondary N) is 1. The molecule has 1 saturated heterocycles. The maximum absolute atomic E-state index is 12.1. The van der Waals surface area contributed by atoms with Crippen LogP contribution in [-0.4, -0.2) is 37.0 Å². The van der Waals surface area contributed by atoms with Gasteiger partial charge in [-0.15, -0.1) is 24.8 Å². The number of aryl methyl sites for hydroxylation is 1. The van der Waals surface area contributed by atoms with Gasteiger partial charge < -0.3 is 11.1 Å².